The molecule has 0 spiro atoms. The minimum absolute atomic E-state index is 0.0480. The van der Waals surface area contributed by atoms with E-state index >= 15 is 0 Å². The Labute approximate surface area is 153 Å². The lowest BCUT2D eigenvalue weighted by Crippen LogP contribution is -2.37. The number of aryl methyl sites for hydroxylation is 1. The van der Waals surface area contributed by atoms with E-state index in [0.717, 1.165) is 24.9 Å². The first kappa shape index (κ1) is 18.5. The van der Waals surface area contributed by atoms with Gasteiger partial charge >= 0.3 is 0 Å². The molecule has 0 aromatic heterocycles. The van der Waals surface area contributed by atoms with Crippen molar-refractivity contribution in [3.05, 3.63) is 29.8 Å². The number of aliphatic imine (C=N–C) groups is 1. The lowest BCUT2D eigenvalue weighted by Gasteiger charge is -2.24. The van der Waals surface area contributed by atoms with E-state index in [1.807, 2.05) is 17.0 Å². The smallest absolute Gasteiger partial charge is 0.247 e. The molecule has 2 atom stereocenters. The second-order valence-corrected chi connectivity index (χ2v) is 9.94. The fraction of sp³-hybridized carbons (Fsp3) is 0.556. The first-order valence-electron chi connectivity index (χ1n) is 8.80. The van der Waals surface area contributed by atoms with Gasteiger partial charge in [-0.25, -0.2) is 8.42 Å². The summed E-state index contributed by atoms with van der Waals surface area (Å²) in [6.07, 6.45) is 3.70. The standard InChI is InChI=1S/C18H24N2O3S2/c1-3-5-6-13-7-9-14(10-8-13)20-15-11-25(22,23)12-16(15)24-18(20)19-17(21)4-2/h7-10,15-16H,3-6,11-12H2,1-2H3/t15-,16+/m1/s1. The van der Waals surface area contributed by atoms with Crippen molar-refractivity contribution >= 4 is 38.4 Å². The van der Waals surface area contributed by atoms with Gasteiger partial charge in [-0.15, -0.1) is 0 Å². The van der Waals surface area contributed by atoms with E-state index in [1.54, 1.807) is 6.92 Å². The van der Waals surface area contributed by atoms with Gasteiger partial charge in [-0.2, -0.15) is 4.99 Å². The fourth-order valence-electron chi connectivity index (χ4n) is 3.26. The number of hydrogen-bond acceptors (Lipinski definition) is 4. The molecule has 7 heteroatoms. The largest absolute Gasteiger partial charge is 0.316 e. The number of anilines is 1. The second kappa shape index (κ2) is 7.50. The molecule has 2 heterocycles. The molecule has 2 aliphatic heterocycles. The summed E-state index contributed by atoms with van der Waals surface area (Å²) in [6.45, 7) is 3.95. The van der Waals surface area contributed by atoms with Crippen LogP contribution < -0.4 is 4.90 Å². The van der Waals surface area contributed by atoms with Crippen LogP contribution in [-0.2, 0) is 21.1 Å². The molecule has 0 saturated carbocycles. The van der Waals surface area contributed by atoms with Crippen molar-refractivity contribution in [1.29, 1.82) is 0 Å². The molecule has 0 N–H and O–H groups in total. The summed E-state index contributed by atoms with van der Waals surface area (Å²) in [7, 11) is -3.03. The number of benzene rings is 1. The zero-order valence-corrected chi connectivity index (χ0v) is 16.3. The van der Waals surface area contributed by atoms with Gasteiger partial charge in [0.1, 0.15) is 0 Å². The number of fused-ring (bicyclic) bond motifs is 1. The van der Waals surface area contributed by atoms with E-state index < -0.39 is 9.84 Å². The number of thioether (sulfide) groups is 1. The predicted molar refractivity (Wildman–Crippen MR) is 104 cm³/mol. The van der Waals surface area contributed by atoms with Crippen LogP contribution >= 0.6 is 11.8 Å². The van der Waals surface area contributed by atoms with E-state index in [4.69, 9.17) is 0 Å². The van der Waals surface area contributed by atoms with Gasteiger partial charge in [0.05, 0.1) is 17.5 Å². The van der Waals surface area contributed by atoms with Gasteiger partial charge in [0.15, 0.2) is 15.0 Å². The van der Waals surface area contributed by atoms with Gasteiger partial charge in [-0.1, -0.05) is 44.2 Å². The molecule has 3 rings (SSSR count). The maximum atomic E-state index is 12.0. The third-order valence-corrected chi connectivity index (χ3v) is 7.83. The van der Waals surface area contributed by atoms with Crippen LogP contribution in [0.3, 0.4) is 0 Å². The molecule has 0 bridgehead atoms. The quantitative estimate of drug-likeness (QED) is 0.785. The number of hydrogen-bond donors (Lipinski definition) is 0. The summed E-state index contributed by atoms with van der Waals surface area (Å²) in [5, 5.41) is 0.589. The highest BCUT2D eigenvalue weighted by Crippen LogP contribution is 2.41. The minimum Gasteiger partial charge on any atom is -0.316 e. The molecule has 2 fully saturated rings. The van der Waals surface area contributed by atoms with E-state index in [0.29, 0.717) is 11.6 Å². The summed E-state index contributed by atoms with van der Waals surface area (Å²) in [4.78, 5) is 18.0. The van der Waals surface area contributed by atoms with Crippen molar-refractivity contribution < 1.29 is 13.2 Å². The van der Waals surface area contributed by atoms with Gasteiger partial charge in [-0.3, -0.25) is 4.79 Å². The summed E-state index contributed by atoms with van der Waals surface area (Å²) in [6, 6.07) is 8.08. The van der Waals surface area contributed by atoms with Gasteiger partial charge in [-0.05, 0) is 30.5 Å². The zero-order chi connectivity index (χ0) is 18.0. The first-order chi connectivity index (χ1) is 11.9. The lowest BCUT2D eigenvalue weighted by atomic mass is 10.1. The second-order valence-electron chi connectivity index (χ2n) is 6.58. The van der Waals surface area contributed by atoms with Crippen LogP contribution in [0.5, 0.6) is 0 Å². The van der Waals surface area contributed by atoms with Crippen LogP contribution in [-0.4, -0.2) is 42.3 Å². The van der Waals surface area contributed by atoms with Crippen molar-refractivity contribution in [1.82, 2.24) is 0 Å². The van der Waals surface area contributed by atoms with Gasteiger partial charge in [0.2, 0.25) is 5.91 Å². The summed E-state index contributed by atoms with van der Waals surface area (Å²) < 4.78 is 24.1. The minimum atomic E-state index is -3.03. The molecule has 1 amide bonds. The summed E-state index contributed by atoms with van der Waals surface area (Å²) in [5.74, 6) is 0.115. The predicted octanol–water partition coefficient (Wildman–Crippen LogP) is 3.04. The molecule has 25 heavy (non-hydrogen) atoms. The maximum absolute atomic E-state index is 12.0. The Morgan fingerprint density at radius 1 is 1.24 bits per heavy atom. The Morgan fingerprint density at radius 3 is 2.60 bits per heavy atom. The molecule has 136 valence electrons. The molecule has 0 unspecified atom stereocenters. The molecule has 1 aromatic rings. The highest BCUT2D eigenvalue weighted by atomic mass is 32.2. The number of nitrogens with zero attached hydrogens (tertiary/aromatic N) is 2. The van der Waals surface area contributed by atoms with Crippen LogP contribution in [0.4, 0.5) is 5.69 Å². The monoisotopic (exact) mass is 380 g/mol. The average Bonchev–Trinajstić information content (AvgIpc) is 3.04. The van der Waals surface area contributed by atoms with E-state index in [1.165, 1.54) is 17.3 Å². The third kappa shape index (κ3) is 4.08. The lowest BCUT2D eigenvalue weighted by molar-refractivity contribution is -0.117. The molecule has 0 aliphatic carbocycles. The highest BCUT2D eigenvalue weighted by Gasteiger charge is 2.49. The molecular weight excluding hydrogens is 356 g/mol. The first-order valence-corrected chi connectivity index (χ1v) is 11.5. The molecule has 0 radical (unpaired) electrons. The molecule has 5 nitrogen and oxygen atoms in total. The third-order valence-electron chi connectivity index (χ3n) is 4.62. The van der Waals surface area contributed by atoms with Crippen LogP contribution in [0.1, 0.15) is 38.7 Å². The normalized spacial score (nSPS) is 26.2. The zero-order valence-electron chi connectivity index (χ0n) is 14.6. The number of amidine groups is 1. The SMILES string of the molecule is CCCCc1ccc(N2C(=NC(=O)CC)S[C@H]3CS(=O)(=O)C[C@H]32)cc1. The van der Waals surface area contributed by atoms with Crippen molar-refractivity contribution in [2.45, 2.75) is 50.8 Å². The number of unbranched alkanes of at least 4 members (excludes halogenated alkanes) is 1. The molecule has 2 aliphatic rings. The number of rotatable bonds is 5. The number of sulfone groups is 1. The fourth-order valence-corrected chi connectivity index (χ4v) is 7.19. The van der Waals surface area contributed by atoms with Gasteiger partial charge < -0.3 is 4.90 Å². The highest BCUT2D eigenvalue weighted by molar-refractivity contribution is 8.16. The Morgan fingerprint density at radius 2 is 1.96 bits per heavy atom. The van der Waals surface area contributed by atoms with Gasteiger partial charge in [0, 0.05) is 17.4 Å². The molecule has 2 saturated heterocycles. The van der Waals surface area contributed by atoms with Crippen molar-refractivity contribution in [3.63, 3.8) is 0 Å². The number of amides is 1. The van der Waals surface area contributed by atoms with Crippen LogP contribution in [0.15, 0.2) is 29.3 Å². The van der Waals surface area contributed by atoms with Gasteiger partial charge in [0.25, 0.3) is 0 Å². The van der Waals surface area contributed by atoms with Crippen molar-refractivity contribution in [2.24, 2.45) is 4.99 Å². The van der Waals surface area contributed by atoms with E-state index in [9.17, 15) is 13.2 Å². The van der Waals surface area contributed by atoms with Crippen molar-refractivity contribution in [2.75, 3.05) is 16.4 Å². The maximum Gasteiger partial charge on any atom is 0.247 e. The Balaban J connectivity index is 1.90. The summed E-state index contributed by atoms with van der Waals surface area (Å²) in [5.41, 5.74) is 2.19. The number of carbonyl (C=O) groups excluding carboxylic acids is 1. The Hall–Kier alpha value is -1.34. The molecule has 1 aromatic carbocycles. The summed E-state index contributed by atoms with van der Waals surface area (Å²) >= 11 is 1.42. The average molecular weight is 381 g/mol. The molecular formula is C18H24N2O3S2. The van der Waals surface area contributed by atoms with Crippen LogP contribution in [0, 0.1) is 0 Å². The van der Waals surface area contributed by atoms with E-state index in [-0.39, 0.29) is 28.7 Å². The topological polar surface area (TPSA) is 66.8 Å². The van der Waals surface area contributed by atoms with E-state index in [2.05, 4.69) is 24.0 Å². The van der Waals surface area contributed by atoms with Crippen molar-refractivity contribution in [3.8, 4) is 0 Å². The van der Waals surface area contributed by atoms with Crippen LogP contribution in [0.2, 0.25) is 0 Å². The Bertz CT molecular complexity index is 772. The van der Waals surface area contributed by atoms with Crippen LogP contribution in [0.25, 0.3) is 0 Å². The Kier molecular flexibility index (Phi) is 5.53. The number of carbonyl (C=O) groups is 1.